The van der Waals surface area contributed by atoms with Gasteiger partial charge in [0, 0.05) is 13.0 Å². The van der Waals surface area contributed by atoms with E-state index in [9.17, 15) is 9.59 Å². The lowest BCUT2D eigenvalue weighted by molar-refractivity contribution is -0.120. The molecule has 0 saturated heterocycles. The van der Waals surface area contributed by atoms with Crippen LogP contribution in [0.25, 0.3) is 0 Å². The molecule has 0 aliphatic carbocycles. The van der Waals surface area contributed by atoms with Crippen molar-refractivity contribution in [2.75, 3.05) is 18.1 Å². The summed E-state index contributed by atoms with van der Waals surface area (Å²) in [6.07, 6.45) is 3.88. The Balaban J connectivity index is 1.54. The first-order valence-corrected chi connectivity index (χ1v) is 9.91. The van der Waals surface area contributed by atoms with Gasteiger partial charge in [-0.1, -0.05) is 19.1 Å². The molecular weight excluding hydrogens is 358 g/mol. The number of nitrogens with zero attached hydrogens (tertiary/aromatic N) is 4. The molecule has 0 unspecified atom stereocenters. The zero-order valence-corrected chi connectivity index (χ0v) is 16.2. The summed E-state index contributed by atoms with van der Waals surface area (Å²) in [6, 6.07) is 6.89. The number of carbonyl (C=O) groups excluding carboxylic acids is 2. The fourth-order valence-corrected chi connectivity index (χ4v) is 3.92. The molecule has 3 heterocycles. The Morgan fingerprint density at radius 2 is 2.14 bits per heavy atom. The van der Waals surface area contributed by atoms with Crippen LogP contribution in [-0.2, 0) is 11.2 Å². The van der Waals surface area contributed by atoms with Crippen molar-refractivity contribution in [2.24, 2.45) is 0 Å². The van der Waals surface area contributed by atoms with E-state index >= 15 is 0 Å². The number of para-hydroxylation sites is 2. The van der Waals surface area contributed by atoms with Crippen LogP contribution in [0.4, 0.5) is 5.69 Å². The summed E-state index contributed by atoms with van der Waals surface area (Å²) in [7, 11) is 0. The molecule has 2 atom stereocenters. The molecule has 2 amide bonds. The predicted molar refractivity (Wildman–Crippen MR) is 104 cm³/mol. The fraction of sp³-hybridized carbons (Fsp3) is 0.500. The van der Waals surface area contributed by atoms with Gasteiger partial charge in [-0.25, -0.2) is 9.67 Å². The van der Waals surface area contributed by atoms with E-state index in [1.165, 1.54) is 0 Å². The third-order valence-electron chi connectivity index (χ3n) is 5.41. The first kappa shape index (κ1) is 18.5. The minimum atomic E-state index is -0.789. The monoisotopic (exact) mass is 383 g/mol. The number of aryl methyl sites for hydroxylation is 1. The summed E-state index contributed by atoms with van der Waals surface area (Å²) in [4.78, 5) is 31.8. The van der Waals surface area contributed by atoms with Crippen LogP contribution < -0.4 is 15.0 Å². The van der Waals surface area contributed by atoms with Gasteiger partial charge in [0.25, 0.3) is 11.8 Å². The largest absolute Gasteiger partial charge is 0.489 e. The molecule has 0 fully saturated rings. The Kier molecular flexibility index (Phi) is 5.02. The smallest absolute Gasteiger partial charge is 0.291 e. The Hall–Kier alpha value is -2.90. The molecule has 148 valence electrons. The first-order chi connectivity index (χ1) is 13.6. The number of benzene rings is 1. The van der Waals surface area contributed by atoms with Crippen LogP contribution in [0, 0.1) is 0 Å². The first-order valence-electron chi connectivity index (χ1n) is 9.91. The number of likely N-dealkylation sites (N-methyl/N-ethyl adjacent to an activating group) is 1. The van der Waals surface area contributed by atoms with E-state index in [-0.39, 0.29) is 24.4 Å². The van der Waals surface area contributed by atoms with Crippen molar-refractivity contribution in [2.45, 2.75) is 51.6 Å². The minimum absolute atomic E-state index is 0.0727. The van der Waals surface area contributed by atoms with E-state index < -0.39 is 11.9 Å². The van der Waals surface area contributed by atoms with Gasteiger partial charge in [0.05, 0.1) is 11.7 Å². The molecule has 1 aromatic heterocycles. The molecule has 0 spiro atoms. The van der Waals surface area contributed by atoms with Crippen LogP contribution in [0.2, 0.25) is 0 Å². The summed E-state index contributed by atoms with van der Waals surface area (Å²) in [6.45, 7) is 4.57. The lowest BCUT2D eigenvalue weighted by Gasteiger charge is -2.23. The van der Waals surface area contributed by atoms with Gasteiger partial charge in [-0.2, -0.15) is 0 Å². The summed E-state index contributed by atoms with van der Waals surface area (Å²) >= 11 is 0. The topological polar surface area (TPSA) is 89.3 Å². The van der Waals surface area contributed by atoms with Gasteiger partial charge < -0.3 is 15.0 Å². The molecule has 1 N–H and O–H groups in total. The number of aromatic nitrogens is 3. The second-order valence-electron chi connectivity index (χ2n) is 7.14. The van der Waals surface area contributed by atoms with Crippen LogP contribution >= 0.6 is 0 Å². The van der Waals surface area contributed by atoms with E-state index in [4.69, 9.17) is 4.74 Å². The van der Waals surface area contributed by atoms with Crippen LogP contribution in [0.1, 0.15) is 55.6 Å². The molecular formula is C20H25N5O3. The Morgan fingerprint density at radius 3 is 2.93 bits per heavy atom. The normalized spacial score (nSPS) is 21.4. The van der Waals surface area contributed by atoms with Crippen molar-refractivity contribution in [1.82, 2.24) is 20.1 Å². The standard InChI is InChI=1S/C20H25N5O3/c1-3-13-8-7-11-17-22-18(23-25(13)17)19(26)21-14-12-28-16-10-6-5-9-15(16)24(4-2)20(14)27/h5-6,9-10,13-14H,3-4,7-8,11-12H2,1-2H3,(H,21,26)/t13-,14+/m1/s1. The summed E-state index contributed by atoms with van der Waals surface area (Å²) in [5, 5.41) is 7.20. The van der Waals surface area contributed by atoms with E-state index in [1.807, 2.05) is 35.9 Å². The van der Waals surface area contributed by atoms with Gasteiger partial charge in [-0.3, -0.25) is 9.59 Å². The Labute approximate surface area is 163 Å². The van der Waals surface area contributed by atoms with Crippen molar-refractivity contribution in [3.05, 3.63) is 35.9 Å². The van der Waals surface area contributed by atoms with Gasteiger partial charge in [0.15, 0.2) is 0 Å². The third-order valence-corrected chi connectivity index (χ3v) is 5.41. The molecule has 4 rings (SSSR count). The highest BCUT2D eigenvalue weighted by atomic mass is 16.5. The zero-order valence-electron chi connectivity index (χ0n) is 16.2. The summed E-state index contributed by atoms with van der Waals surface area (Å²) in [5.74, 6) is 0.954. The lowest BCUT2D eigenvalue weighted by atomic mass is 10.0. The molecule has 0 saturated carbocycles. The molecule has 0 radical (unpaired) electrons. The van der Waals surface area contributed by atoms with Crippen LogP contribution in [-0.4, -0.2) is 45.8 Å². The van der Waals surface area contributed by atoms with Gasteiger partial charge >= 0.3 is 0 Å². The SMILES string of the molecule is CC[C@@H]1CCCc2nc(C(=O)N[C@H]3COc4ccccc4N(CC)C3=O)nn21. The molecule has 8 heteroatoms. The van der Waals surface area contributed by atoms with Gasteiger partial charge in [0.2, 0.25) is 5.82 Å². The highest BCUT2D eigenvalue weighted by Gasteiger charge is 2.33. The second kappa shape index (κ2) is 7.61. The molecule has 2 aromatic rings. The van der Waals surface area contributed by atoms with Crippen molar-refractivity contribution < 1.29 is 14.3 Å². The fourth-order valence-electron chi connectivity index (χ4n) is 3.92. The maximum atomic E-state index is 13.0. The molecule has 2 aliphatic rings. The predicted octanol–water partition coefficient (Wildman–Crippen LogP) is 2.11. The average Bonchev–Trinajstić information content (AvgIpc) is 3.11. The minimum Gasteiger partial charge on any atom is -0.489 e. The quantitative estimate of drug-likeness (QED) is 0.873. The van der Waals surface area contributed by atoms with E-state index in [0.29, 0.717) is 18.0 Å². The van der Waals surface area contributed by atoms with Crippen molar-refractivity contribution >= 4 is 17.5 Å². The van der Waals surface area contributed by atoms with Crippen LogP contribution in [0.15, 0.2) is 24.3 Å². The number of carbonyl (C=O) groups is 2. The Bertz CT molecular complexity index is 894. The van der Waals surface area contributed by atoms with Crippen molar-refractivity contribution in [3.8, 4) is 5.75 Å². The van der Waals surface area contributed by atoms with E-state index in [0.717, 1.165) is 31.5 Å². The lowest BCUT2D eigenvalue weighted by Crippen LogP contribution is -2.50. The summed E-state index contributed by atoms with van der Waals surface area (Å²) in [5.41, 5.74) is 0.716. The van der Waals surface area contributed by atoms with Gasteiger partial charge in [0.1, 0.15) is 24.2 Å². The summed E-state index contributed by atoms with van der Waals surface area (Å²) < 4.78 is 7.67. The third kappa shape index (κ3) is 3.23. The maximum absolute atomic E-state index is 13.0. The molecule has 2 aliphatic heterocycles. The average molecular weight is 383 g/mol. The highest BCUT2D eigenvalue weighted by Crippen LogP contribution is 2.31. The number of ether oxygens (including phenoxy) is 1. The van der Waals surface area contributed by atoms with Crippen molar-refractivity contribution in [3.63, 3.8) is 0 Å². The molecule has 28 heavy (non-hydrogen) atoms. The zero-order chi connectivity index (χ0) is 19.7. The van der Waals surface area contributed by atoms with Crippen molar-refractivity contribution in [1.29, 1.82) is 0 Å². The van der Waals surface area contributed by atoms with E-state index in [1.54, 1.807) is 4.90 Å². The highest BCUT2D eigenvalue weighted by molar-refractivity contribution is 6.02. The maximum Gasteiger partial charge on any atom is 0.291 e. The molecule has 0 bridgehead atoms. The van der Waals surface area contributed by atoms with Crippen LogP contribution in [0.5, 0.6) is 5.75 Å². The Morgan fingerprint density at radius 1 is 1.32 bits per heavy atom. The van der Waals surface area contributed by atoms with Crippen LogP contribution in [0.3, 0.4) is 0 Å². The number of rotatable bonds is 4. The number of nitrogens with one attached hydrogen (secondary N) is 1. The van der Waals surface area contributed by atoms with Gasteiger partial charge in [-0.05, 0) is 38.3 Å². The second-order valence-corrected chi connectivity index (χ2v) is 7.14. The number of anilines is 1. The number of hydrogen-bond donors (Lipinski definition) is 1. The van der Waals surface area contributed by atoms with Gasteiger partial charge in [-0.15, -0.1) is 5.10 Å². The number of hydrogen-bond acceptors (Lipinski definition) is 5. The molecule has 1 aromatic carbocycles. The number of fused-ring (bicyclic) bond motifs is 2. The number of amides is 2. The van der Waals surface area contributed by atoms with E-state index in [2.05, 4.69) is 22.3 Å². The molecule has 8 nitrogen and oxygen atoms in total.